The fourth-order valence-electron chi connectivity index (χ4n) is 3.59. The van der Waals surface area contributed by atoms with Crippen molar-refractivity contribution in [3.63, 3.8) is 0 Å². The van der Waals surface area contributed by atoms with Crippen LogP contribution < -0.4 is 5.32 Å². The Labute approximate surface area is 137 Å². The molecular weight excluding hydrogens is 327 g/mol. The molecule has 2 heterocycles. The van der Waals surface area contributed by atoms with Gasteiger partial charge in [-0.2, -0.15) is 13.2 Å². The minimum absolute atomic E-state index is 0.0907. The van der Waals surface area contributed by atoms with E-state index in [4.69, 9.17) is 0 Å². The van der Waals surface area contributed by atoms with Gasteiger partial charge in [-0.3, -0.25) is 0 Å². The molecule has 128 valence electrons. The molecule has 0 unspecified atom stereocenters. The molecule has 2 aliphatic rings. The monoisotopic (exact) mass is 347 g/mol. The van der Waals surface area contributed by atoms with Gasteiger partial charge in [0, 0.05) is 30.9 Å². The van der Waals surface area contributed by atoms with E-state index in [2.05, 4.69) is 10.3 Å². The van der Waals surface area contributed by atoms with Crippen molar-refractivity contribution in [1.29, 1.82) is 0 Å². The maximum atomic E-state index is 12.5. The average Bonchev–Trinajstić information content (AvgIpc) is 3.13. The van der Waals surface area contributed by atoms with Crippen LogP contribution in [0.25, 0.3) is 0 Å². The summed E-state index contributed by atoms with van der Waals surface area (Å²) >= 11 is 0.983. The van der Waals surface area contributed by atoms with Crippen LogP contribution in [0.1, 0.15) is 42.8 Å². The number of halogens is 3. The van der Waals surface area contributed by atoms with Crippen LogP contribution in [0.2, 0.25) is 0 Å². The van der Waals surface area contributed by atoms with Gasteiger partial charge in [-0.15, -0.1) is 11.3 Å². The van der Waals surface area contributed by atoms with Gasteiger partial charge in [-0.1, -0.05) is 12.8 Å². The Morgan fingerprint density at radius 1 is 1.35 bits per heavy atom. The van der Waals surface area contributed by atoms with E-state index in [9.17, 15) is 18.0 Å². The molecule has 2 amide bonds. The normalized spacial score (nSPS) is 24.6. The van der Waals surface area contributed by atoms with Crippen LogP contribution in [0.4, 0.5) is 18.0 Å². The van der Waals surface area contributed by atoms with Gasteiger partial charge in [0.05, 0.1) is 5.01 Å². The van der Waals surface area contributed by atoms with Crippen molar-refractivity contribution in [3.05, 3.63) is 16.1 Å². The molecule has 1 saturated carbocycles. The molecule has 23 heavy (non-hydrogen) atoms. The number of nitrogens with zero attached hydrogens (tertiary/aromatic N) is 2. The van der Waals surface area contributed by atoms with Gasteiger partial charge >= 0.3 is 12.2 Å². The summed E-state index contributed by atoms with van der Waals surface area (Å²) in [6.07, 6.45) is 1.69. The van der Waals surface area contributed by atoms with E-state index in [-0.39, 0.29) is 6.03 Å². The zero-order valence-electron chi connectivity index (χ0n) is 12.7. The van der Waals surface area contributed by atoms with E-state index in [1.807, 2.05) is 4.90 Å². The van der Waals surface area contributed by atoms with E-state index in [1.165, 1.54) is 19.3 Å². The number of rotatable bonds is 3. The molecule has 0 spiro atoms. The van der Waals surface area contributed by atoms with E-state index in [0.717, 1.165) is 36.1 Å². The number of carbonyl (C=O) groups is 1. The third-order valence-corrected chi connectivity index (χ3v) is 5.64. The van der Waals surface area contributed by atoms with E-state index >= 15 is 0 Å². The fourth-order valence-corrected chi connectivity index (χ4v) is 4.40. The Kier molecular flexibility index (Phi) is 4.79. The molecule has 2 fully saturated rings. The molecule has 1 saturated heterocycles. The first-order valence-electron chi connectivity index (χ1n) is 8.01. The maximum absolute atomic E-state index is 12.5. The second-order valence-electron chi connectivity index (χ2n) is 6.20. The van der Waals surface area contributed by atoms with Crippen molar-refractivity contribution in [2.75, 3.05) is 13.1 Å². The molecule has 8 heteroatoms. The van der Waals surface area contributed by atoms with E-state index in [0.29, 0.717) is 29.9 Å². The minimum atomic E-state index is -4.40. The first kappa shape index (κ1) is 16.5. The van der Waals surface area contributed by atoms with Crippen LogP contribution in [-0.4, -0.2) is 35.0 Å². The summed E-state index contributed by atoms with van der Waals surface area (Å²) in [5, 5.41) is 4.24. The molecule has 1 aliphatic carbocycles. The average molecular weight is 347 g/mol. The van der Waals surface area contributed by atoms with Crippen molar-refractivity contribution in [3.8, 4) is 0 Å². The summed E-state index contributed by atoms with van der Waals surface area (Å²) in [6, 6.07) is 0.257. The first-order valence-corrected chi connectivity index (χ1v) is 8.89. The Balaban J connectivity index is 1.47. The molecule has 0 bridgehead atoms. The number of likely N-dealkylation sites (tertiary alicyclic amines) is 1. The lowest BCUT2D eigenvalue weighted by molar-refractivity contribution is -0.140. The molecule has 2 atom stereocenters. The lowest BCUT2D eigenvalue weighted by Crippen LogP contribution is -2.45. The summed E-state index contributed by atoms with van der Waals surface area (Å²) in [6.45, 7) is 1.11. The van der Waals surface area contributed by atoms with E-state index < -0.39 is 11.9 Å². The number of fused-ring (bicyclic) bond motifs is 1. The number of carbonyl (C=O) groups excluding carboxylic acids is 1. The number of hydrogen-bond acceptors (Lipinski definition) is 3. The number of urea groups is 1. The van der Waals surface area contributed by atoms with Crippen molar-refractivity contribution in [1.82, 2.24) is 15.2 Å². The minimum Gasteiger partial charge on any atom is -0.338 e. The SMILES string of the molecule is O=C(NCCc1nc(C(F)(F)F)cs1)N1CC[C@@H]2CCCC[C@@H]21. The number of nitrogens with one attached hydrogen (secondary N) is 1. The van der Waals surface area contributed by atoms with Gasteiger partial charge in [0.2, 0.25) is 0 Å². The number of alkyl halides is 3. The standard InChI is InChI=1S/C15H20F3N3OS/c16-15(17,18)12-9-23-13(20-12)5-7-19-14(22)21-8-6-10-3-1-2-4-11(10)21/h9-11H,1-8H2,(H,19,22)/t10-,11-/m0/s1. The second kappa shape index (κ2) is 6.67. The van der Waals surface area contributed by atoms with Crippen LogP contribution in [-0.2, 0) is 12.6 Å². The largest absolute Gasteiger partial charge is 0.434 e. The lowest BCUT2D eigenvalue weighted by atomic mass is 9.85. The number of aromatic nitrogens is 1. The fraction of sp³-hybridized carbons (Fsp3) is 0.733. The Morgan fingerprint density at radius 2 is 2.13 bits per heavy atom. The Bertz CT molecular complexity index is 560. The third kappa shape index (κ3) is 3.79. The highest BCUT2D eigenvalue weighted by Gasteiger charge is 2.38. The van der Waals surface area contributed by atoms with Crippen LogP contribution in [0.3, 0.4) is 0 Å². The summed E-state index contributed by atoms with van der Waals surface area (Å²) < 4.78 is 37.4. The van der Waals surface area contributed by atoms with Gasteiger partial charge in [-0.05, 0) is 25.2 Å². The van der Waals surface area contributed by atoms with Crippen molar-refractivity contribution in [2.24, 2.45) is 5.92 Å². The predicted molar refractivity (Wildman–Crippen MR) is 81.3 cm³/mol. The quantitative estimate of drug-likeness (QED) is 0.907. The van der Waals surface area contributed by atoms with Gasteiger partial charge in [0.15, 0.2) is 5.69 Å². The topological polar surface area (TPSA) is 45.2 Å². The number of hydrogen-bond donors (Lipinski definition) is 1. The molecule has 4 nitrogen and oxygen atoms in total. The predicted octanol–water partition coefficient (Wildman–Crippen LogP) is 3.68. The number of thiazole rings is 1. The van der Waals surface area contributed by atoms with Crippen LogP contribution >= 0.6 is 11.3 Å². The molecule has 1 aromatic heterocycles. The number of amides is 2. The summed E-state index contributed by atoms with van der Waals surface area (Å²) in [7, 11) is 0. The summed E-state index contributed by atoms with van der Waals surface area (Å²) in [4.78, 5) is 17.8. The van der Waals surface area contributed by atoms with Crippen LogP contribution in [0.15, 0.2) is 5.38 Å². The zero-order chi connectivity index (χ0) is 16.4. The molecule has 3 rings (SSSR count). The summed E-state index contributed by atoms with van der Waals surface area (Å²) in [5.41, 5.74) is -0.853. The highest BCUT2D eigenvalue weighted by Crippen LogP contribution is 2.36. The van der Waals surface area contributed by atoms with Crippen molar-refractivity contribution < 1.29 is 18.0 Å². The maximum Gasteiger partial charge on any atom is 0.434 e. The zero-order valence-corrected chi connectivity index (χ0v) is 13.6. The molecule has 1 aliphatic heterocycles. The molecule has 0 aromatic carbocycles. The van der Waals surface area contributed by atoms with Crippen molar-refractivity contribution in [2.45, 2.75) is 50.7 Å². The third-order valence-electron chi connectivity index (χ3n) is 4.73. The van der Waals surface area contributed by atoms with Crippen LogP contribution in [0, 0.1) is 5.92 Å². The highest BCUT2D eigenvalue weighted by atomic mass is 32.1. The van der Waals surface area contributed by atoms with Gasteiger partial charge in [0.1, 0.15) is 0 Å². The van der Waals surface area contributed by atoms with Crippen molar-refractivity contribution >= 4 is 17.4 Å². The summed E-state index contributed by atoms with van der Waals surface area (Å²) in [5.74, 6) is 0.628. The van der Waals surface area contributed by atoms with E-state index in [1.54, 1.807) is 0 Å². The first-order chi connectivity index (χ1) is 10.9. The van der Waals surface area contributed by atoms with Gasteiger partial charge in [0.25, 0.3) is 0 Å². The molecule has 0 radical (unpaired) electrons. The Hall–Kier alpha value is -1.31. The lowest BCUT2D eigenvalue weighted by Gasteiger charge is -2.31. The van der Waals surface area contributed by atoms with Gasteiger partial charge < -0.3 is 10.2 Å². The second-order valence-corrected chi connectivity index (χ2v) is 7.14. The smallest absolute Gasteiger partial charge is 0.338 e. The Morgan fingerprint density at radius 3 is 2.87 bits per heavy atom. The van der Waals surface area contributed by atoms with Gasteiger partial charge in [-0.25, -0.2) is 9.78 Å². The highest BCUT2D eigenvalue weighted by molar-refractivity contribution is 7.09. The molecule has 1 N–H and O–H groups in total. The van der Waals surface area contributed by atoms with Crippen LogP contribution in [0.5, 0.6) is 0 Å². The molecular formula is C15H20F3N3OS. The molecule has 1 aromatic rings.